The van der Waals surface area contributed by atoms with E-state index in [1.807, 2.05) is 53.6 Å². The second-order valence-electron chi connectivity index (χ2n) is 5.80. The van der Waals surface area contributed by atoms with Gasteiger partial charge in [-0.05, 0) is 68.5 Å². The molecule has 120 valence electrons. The molecular formula is C19H21NO2S. The fourth-order valence-electron chi connectivity index (χ4n) is 2.87. The lowest BCUT2D eigenvalue weighted by Crippen LogP contribution is -2.33. The second kappa shape index (κ2) is 7.09. The number of thioether (sulfide) groups is 1. The Kier molecular flexibility index (Phi) is 4.91. The lowest BCUT2D eigenvalue weighted by atomic mass is 10.1. The molecule has 1 aliphatic heterocycles. The summed E-state index contributed by atoms with van der Waals surface area (Å²) in [5.74, 6) is 1.67. The van der Waals surface area contributed by atoms with Crippen LogP contribution in [-0.2, 0) is 0 Å². The standard InChI is InChI=1S/C19H21NO2S/c1-14-5-4-12-20(14)19(21)15-8-10-16(11-9-15)22-17-6-3-7-18(13-17)23-2/h3,6-11,13-14H,4-5,12H2,1-2H3. The molecule has 23 heavy (non-hydrogen) atoms. The predicted octanol–water partition coefficient (Wildman–Crippen LogP) is 4.83. The van der Waals surface area contributed by atoms with Crippen LogP contribution in [0.3, 0.4) is 0 Å². The van der Waals surface area contributed by atoms with Crippen LogP contribution in [-0.4, -0.2) is 29.6 Å². The molecule has 4 heteroatoms. The lowest BCUT2D eigenvalue weighted by molar-refractivity contribution is 0.0747. The van der Waals surface area contributed by atoms with Gasteiger partial charge in [-0.25, -0.2) is 0 Å². The van der Waals surface area contributed by atoms with Gasteiger partial charge in [0.25, 0.3) is 5.91 Å². The molecule has 0 bridgehead atoms. The van der Waals surface area contributed by atoms with Gasteiger partial charge in [0, 0.05) is 23.0 Å². The molecule has 0 aliphatic carbocycles. The Bertz CT molecular complexity index is 684. The maximum absolute atomic E-state index is 12.5. The van der Waals surface area contributed by atoms with Crippen molar-refractivity contribution in [2.45, 2.75) is 30.7 Å². The first-order valence-electron chi connectivity index (χ1n) is 7.90. The lowest BCUT2D eigenvalue weighted by Gasteiger charge is -2.21. The van der Waals surface area contributed by atoms with Crippen LogP contribution in [0.2, 0.25) is 0 Å². The van der Waals surface area contributed by atoms with Gasteiger partial charge in [0.2, 0.25) is 0 Å². The number of ether oxygens (including phenoxy) is 1. The van der Waals surface area contributed by atoms with Crippen LogP contribution in [0.15, 0.2) is 53.4 Å². The Labute approximate surface area is 141 Å². The highest BCUT2D eigenvalue weighted by Gasteiger charge is 2.25. The number of hydrogen-bond acceptors (Lipinski definition) is 3. The topological polar surface area (TPSA) is 29.5 Å². The van der Waals surface area contributed by atoms with Gasteiger partial charge in [0.1, 0.15) is 11.5 Å². The smallest absolute Gasteiger partial charge is 0.254 e. The number of rotatable bonds is 4. The molecular weight excluding hydrogens is 306 g/mol. The molecule has 1 fully saturated rings. The molecule has 1 atom stereocenters. The van der Waals surface area contributed by atoms with Crippen LogP contribution in [0.25, 0.3) is 0 Å². The van der Waals surface area contributed by atoms with Crippen molar-refractivity contribution >= 4 is 17.7 Å². The minimum atomic E-state index is 0.117. The van der Waals surface area contributed by atoms with Gasteiger partial charge in [-0.3, -0.25) is 4.79 Å². The van der Waals surface area contributed by atoms with E-state index in [4.69, 9.17) is 4.74 Å². The molecule has 2 aromatic carbocycles. The molecule has 1 amide bonds. The van der Waals surface area contributed by atoms with Gasteiger partial charge in [-0.15, -0.1) is 11.8 Å². The highest BCUT2D eigenvalue weighted by atomic mass is 32.2. The van der Waals surface area contributed by atoms with E-state index in [1.54, 1.807) is 11.8 Å². The summed E-state index contributed by atoms with van der Waals surface area (Å²) in [5.41, 5.74) is 0.726. The van der Waals surface area contributed by atoms with E-state index < -0.39 is 0 Å². The van der Waals surface area contributed by atoms with E-state index in [1.165, 1.54) is 0 Å². The number of likely N-dealkylation sites (tertiary alicyclic amines) is 1. The fourth-order valence-corrected chi connectivity index (χ4v) is 3.32. The number of hydrogen-bond donors (Lipinski definition) is 0. The van der Waals surface area contributed by atoms with Crippen molar-refractivity contribution in [2.75, 3.05) is 12.8 Å². The largest absolute Gasteiger partial charge is 0.457 e. The number of benzene rings is 2. The first-order chi connectivity index (χ1) is 11.2. The number of amides is 1. The zero-order valence-electron chi connectivity index (χ0n) is 13.5. The van der Waals surface area contributed by atoms with Crippen LogP contribution in [0.4, 0.5) is 0 Å². The highest BCUT2D eigenvalue weighted by Crippen LogP contribution is 2.26. The average Bonchev–Trinajstić information content (AvgIpc) is 3.01. The summed E-state index contributed by atoms with van der Waals surface area (Å²) in [6.45, 7) is 2.97. The third-order valence-electron chi connectivity index (χ3n) is 4.19. The van der Waals surface area contributed by atoms with Crippen LogP contribution < -0.4 is 4.74 Å². The maximum Gasteiger partial charge on any atom is 0.254 e. The molecule has 0 N–H and O–H groups in total. The van der Waals surface area contributed by atoms with E-state index in [9.17, 15) is 4.79 Å². The molecule has 1 unspecified atom stereocenters. The first-order valence-corrected chi connectivity index (χ1v) is 9.13. The van der Waals surface area contributed by atoms with Gasteiger partial charge in [-0.2, -0.15) is 0 Å². The van der Waals surface area contributed by atoms with E-state index in [0.717, 1.165) is 41.3 Å². The summed E-state index contributed by atoms with van der Waals surface area (Å²) in [6, 6.07) is 15.7. The van der Waals surface area contributed by atoms with Crippen molar-refractivity contribution in [3.05, 3.63) is 54.1 Å². The highest BCUT2D eigenvalue weighted by molar-refractivity contribution is 7.98. The quantitative estimate of drug-likeness (QED) is 0.754. The number of nitrogens with zero attached hydrogens (tertiary/aromatic N) is 1. The molecule has 0 aromatic heterocycles. The SMILES string of the molecule is CSc1cccc(Oc2ccc(C(=O)N3CCCC3C)cc2)c1. The van der Waals surface area contributed by atoms with Crippen LogP contribution >= 0.6 is 11.8 Å². The van der Waals surface area contributed by atoms with Crippen molar-refractivity contribution < 1.29 is 9.53 Å². The van der Waals surface area contributed by atoms with Crippen LogP contribution in [0.1, 0.15) is 30.1 Å². The molecule has 0 radical (unpaired) electrons. The van der Waals surface area contributed by atoms with Crippen molar-refractivity contribution in [2.24, 2.45) is 0 Å². The normalized spacial score (nSPS) is 17.3. The second-order valence-corrected chi connectivity index (χ2v) is 6.67. The monoisotopic (exact) mass is 327 g/mol. The van der Waals surface area contributed by atoms with E-state index in [2.05, 4.69) is 13.0 Å². The van der Waals surface area contributed by atoms with Gasteiger partial charge < -0.3 is 9.64 Å². The molecule has 3 nitrogen and oxygen atoms in total. The van der Waals surface area contributed by atoms with Gasteiger partial charge >= 0.3 is 0 Å². The summed E-state index contributed by atoms with van der Waals surface area (Å²) in [4.78, 5) is 15.6. The predicted molar refractivity (Wildman–Crippen MR) is 94.5 cm³/mol. The third kappa shape index (κ3) is 3.70. The first kappa shape index (κ1) is 15.9. The summed E-state index contributed by atoms with van der Waals surface area (Å²) in [5, 5.41) is 0. The number of carbonyl (C=O) groups is 1. The summed E-state index contributed by atoms with van der Waals surface area (Å²) < 4.78 is 5.86. The van der Waals surface area contributed by atoms with E-state index in [0.29, 0.717) is 6.04 Å². The van der Waals surface area contributed by atoms with Crippen LogP contribution in [0.5, 0.6) is 11.5 Å². The van der Waals surface area contributed by atoms with Crippen molar-refractivity contribution in [3.8, 4) is 11.5 Å². The minimum absolute atomic E-state index is 0.117. The zero-order valence-corrected chi connectivity index (χ0v) is 14.3. The van der Waals surface area contributed by atoms with Crippen LogP contribution in [0, 0.1) is 0 Å². The molecule has 3 rings (SSSR count). The average molecular weight is 327 g/mol. The van der Waals surface area contributed by atoms with E-state index >= 15 is 0 Å². The Morgan fingerprint density at radius 2 is 1.96 bits per heavy atom. The summed E-state index contributed by atoms with van der Waals surface area (Å²) in [6.07, 6.45) is 4.23. The summed E-state index contributed by atoms with van der Waals surface area (Å²) in [7, 11) is 0. The summed E-state index contributed by atoms with van der Waals surface area (Å²) >= 11 is 1.68. The van der Waals surface area contributed by atoms with Gasteiger partial charge in [-0.1, -0.05) is 6.07 Å². The minimum Gasteiger partial charge on any atom is -0.457 e. The Morgan fingerprint density at radius 1 is 1.17 bits per heavy atom. The Morgan fingerprint density at radius 3 is 2.61 bits per heavy atom. The van der Waals surface area contributed by atoms with Crippen molar-refractivity contribution in [3.63, 3.8) is 0 Å². The molecule has 1 heterocycles. The fraction of sp³-hybridized carbons (Fsp3) is 0.316. The Balaban J connectivity index is 1.70. The molecule has 1 saturated heterocycles. The van der Waals surface area contributed by atoms with Gasteiger partial charge in [0.05, 0.1) is 0 Å². The molecule has 0 spiro atoms. The van der Waals surface area contributed by atoms with Gasteiger partial charge in [0.15, 0.2) is 0 Å². The molecule has 0 saturated carbocycles. The van der Waals surface area contributed by atoms with E-state index in [-0.39, 0.29) is 5.91 Å². The van der Waals surface area contributed by atoms with Crippen molar-refractivity contribution in [1.82, 2.24) is 4.90 Å². The Hall–Kier alpha value is -1.94. The van der Waals surface area contributed by atoms with Crippen molar-refractivity contribution in [1.29, 1.82) is 0 Å². The number of carbonyl (C=O) groups excluding carboxylic acids is 1. The molecule has 1 aliphatic rings. The third-order valence-corrected chi connectivity index (χ3v) is 4.92. The zero-order chi connectivity index (χ0) is 16.2. The maximum atomic E-state index is 12.5. The molecule has 2 aromatic rings.